The molecule has 0 rings (SSSR count). The third kappa shape index (κ3) is 57.5. The van der Waals surface area contributed by atoms with Crippen LogP contribution in [0.25, 0.3) is 0 Å². The number of ether oxygens (including phenoxy) is 1. The Morgan fingerprint density at radius 1 is 0.394 bits per heavy atom. The zero-order chi connectivity index (χ0) is 51.4. The summed E-state index contributed by atoms with van der Waals surface area (Å²) in [7, 11) is 0. The summed E-state index contributed by atoms with van der Waals surface area (Å²) in [6.45, 7) is 4.94. The quantitative estimate of drug-likeness (QED) is 0.0320. The van der Waals surface area contributed by atoms with Gasteiger partial charge in [-0.25, -0.2) is 0 Å². The van der Waals surface area contributed by atoms with Gasteiger partial charge in [-0.15, -0.1) is 0 Å². The molecule has 0 spiro atoms. The summed E-state index contributed by atoms with van der Waals surface area (Å²) < 4.78 is 5.49. The molecule has 0 aromatic rings. The van der Waals surface area contributed by atoms with Crippen molar-refractivity contribution in [3.63, 3.8) is 0 Å². The average molecular weight is 1000 g/mol. The minimum absolute atomic E-state index is 0.00562. The van der Waals surface area contributed by atoms with Crippen molar-refractivity contribution in [2.24, 2.45) is 0 Å². The van der Waals surface area contributed by atoms with E-state index in [1.165, 1.54) is 263 Å². The van der Waals surface area contributed by atoms with Crippen LogP contribution in [0.2, 0.25) is 0 Å². The molecule has 0 aromatic carbocycles. The molecule has 0 radical (unpaired) electrons. The molecule has 71 heavy (non-hydrogen) atoms. The zero-order valence-corrected chi connectivity index (χ0v) is 48.0. The lowest BCUT2D eigenvalue weighted by atomic mass is 10.0. The van der Waals surface area contributed by atoms with Gasteiger partial charge in [0.1, 0.15) is 0 Å². The van der Waals surface area contributed by atoms with Crippen molar-refractivity contribution in [2.75, 3.05) is 13.2 Å². The van der Waals surface area contributed by atoms with Crippen LogP contribution in [-0.4, -0.2) is 47.4 Å². The van der Waals surface area contributed by atoms with Crippen LogP contribution >= 0.6 is 0 Å². The number of carbonyl (C=O) groups excluding carboxylic acids is 2. The second-order valence-corrected chi connectivity index (χ2v) is 22.1. The highest BCUT2D eigenvalue weighted by atomic mass is 16.5. The van der Waals surface area contributed by atoms with Gasteiger partial charge in [0.15, 0.2) is 0 Å². The summed E-state index contributed by atoms with van der Waals surface area (Å²) in [5.41, 5.74) is 0. The van der Waals surface area contributed by atoms with Crippen LogP contribution in [0.1, 0.15) is 354 Å². The molecule has 3 N–H and O–H groups in total. The molecule has 420 valence electrons. The molecule has 2 atom stereocenters. The average Bonchev–Trinajstić information content (AvgIpc) is 3.37. The van der Waals surface area contributed by atoms with Crippen molar-refractivity contribution in [1.82, 2.24) is 5.32 Å². The number of esters is 1. The van der Waals surface area contributed by atoms with Gasteiger partial charge >= 0.3 is 5.97 Å². The highest BCUT2D eigenvalue weighted by Gasteiger charge is 2.20. The number of nitrogens with one attached hydrogen (secondary N) is 1. The Bertz CT molecular complexity index is 1110. The van der Waals surface area contributed by atoms with Gasteiger partial charge in [0.2, 0.25) is 5.91 Å². The van der Waals surface area contributed by atoms with Crippen molar-refractivity contribution in [3.05, 3.63) is 24.3 Å². The number of aliphatic hydroxyl groups is 2. The lowest BCUT2D eigenvalue weighted by Crippen LogP contribution is -2.45. The largest absolute Gasteiger partial charge is 0.466 e. The molecular formula is C65H125NO5. The van der Waals surface area contributed by atoms with Crippen LogP contribution in [0.3, 0.4) is 0 Å². The molecule has 1 amide bonds. The zero-order valence-electron chi connectivity index (χ0n) is 48.0. The Morgan fingerprint density at radius 2 is 0.704 bits per heavy atom. The van der Waals surface area contributed by atoms with Crippen LogP contribution in [0.4, 0.5) is 0 Å². The Kier molecular flexibility index (Phi) is 59.5. The SMILES string of the molecule is CCCCCC/C=C\C/C=C\CCCCCCCCCC(=O)OCCCCCCCCCCCCCCCCCC(=O)NC(CO)C(O)CCCCCCCCCCCCCCCCCCCCCCC. The second kappa shape index (κ2) is 60.9. The van der Waals surface area contributed by atoms with Gasteiger partial charge < -0.3 is 20.3 Å². The van der Waals surface area contributed by atoms with Crippen LogP contribution in [0, 0.1) is 0 Å². The van der Waals surface area contributed by atoms with Gasteiger partial charge in [-0.3, -0.25) is 9.59 Å². The lowest BCUT2D eigenvalue weighted by molar-refractivity contribution is -0.143. The van der Waals surface area contributed by atoms with Gasteiger partial charge in [-0.1, -0.05) is 308 Å². The number of aliphatic hydroxyl groups excluding tert-OH is 2. The van der Waals surface area contributed by atoms with E-state index in [-0.39, 0.29) is 18.5 Å². The van der Waals surface area contributed by atoms with Crippen molar-refractivity contribution >= 4 is 11.9 Å². The van der Waals surface area contributed by atoms with Crippen molar-refractivity contribution in [1.29, 1.82) is 0 Å². The number of hydrogen-bond acceptors (Lipinski definition) is 5. The lowest BCUT2D eigenvalue weighted by Gasteiger charge is -2.22. The third-order valence-corrected chi connectivity index (χ3v) is 15.0. The summed E-state index contributed by atoms with van der Waals surface area (Å²) in [6.07, 6.45) is 74.7. The molecule has 0 saturated carbocycles. The third-order valence-electron chi connectivity index (χ3n) is 15.0. The fourth-order valence-corrected chi connectivity index (χ4v) is 10.1. The number of carbonyl (C=O) groups is 2. The monoisotopic (exact) mass is 1000 g/mol. The summed E-state index contributed by atoms with van der Waals surface area (Å²) in [5, 5.41) is 23.4. The molecule has 0 aliphatic rings. The molecular weight excluding hydrogens is 875 g/mol. The standard InChI is InChI=1S/C65H125NO5/c1-3-5-7-9-11-13-15-17-19-21-23-24-25-26-29-33-37-41-45-49-53-57-63(68)62(61-67)66-64(69)58-54-50-46-42-38-34-30-28-32-36-40-44-48-52-56-60-71-65(70)59-55-51-47-43-39-35-31-27-22-20-18-16-14-12-10-8-6-4-2/h14,16,20,22,62-63,67-68H,3-13,15,17-19,21,23-61H2,1-2H3,(H,66,69)/b16-14-,22-20-. The van der Waals surface area contributed by atoms with Crippen LogP contribution in [0.5, 0.6) is 0 Å². The van der Waals surface area contributed by atoms with E-state index in [0.29, 0.717) is 25.9 Å². The number of rotatable bonds is 60. The van der Waals surface area contributed by atoms with Crippen LogP contribution in [0.15, 0.2) is 24.3 Å². The first-order chi connectivity index (χ1) is 35.0. The highest BCUT2D eigenvalue weighted by Crippen LogP contribution is 2.18. The van der Waals surface area contributed by atoms with Crippen LogP contribution in [-0.2, 0) is 14.3 Å². The Morgan fingerprint density at radius 3 is 1.08 bits per heavy atom. The van der Waals surface area contributed by atoms with Gasteiger partial charge in [-0.2, -0.15) is 0 Å². The number of amides is 1. The smallest absolute Gasteiger partial charge is 0.305 e. The van der Waals surface area contributed by atoms with Crippen molar-refractivity contribution in [2.45, 2.75) is 366 Å². The molecule has 0 saturated heterocycles. The molecule has 6 nitrogen and oxygen atoms in total. The van der Waals surface area contributed by atoms with E-state index >= 15 is 0 Å². The fourth-order valence-electron chi connectivity index (χ4n) is 10.1. The maximum Gasteiger partial charge on any atom is 0.305 e. The number of hydrogen-bond donors (Lipinski definition) is 3. The molecule has 6 heteroatoms. The fraction of sp³-hybridized carbons (Fsp3) is 0.908. The van der Waals surface area contributed by atoms with Gasteiger partial charge in [0, 0.05) is 12.8 Å². The van der Waals surface area contributed by atoms with E-state index < -0.39 is 12.1 Å². The molecule has 0 fully saturated rings. The minimum atomic E-state index is -0.671. The van der Waals surface area contributed by atoms with Gasteiger partial charge in [-0.05, 0) is 57.8 Å². The van der Waals surface area contributed by atoms with E-state index in [4.69, 9.17) is 4.74 Å². The Hall–Kier alpha value is -1.66. The molecule has 2 unspecified atom stereocenters. The van der Waals surface area contributed by atoms with Gasteiger partial charge in [0.05, 0.1) is 25.4 Å². The van der Waals surface area contributed by atoms with E-state index in [1.54, 1.807) is 0 Å². The first-order valence-electron chi connectivity index (χ1n) is 32.1. The molecule has 0 bridgehead atoms. The number of unbranched alkanes of at least 4 members (excludes halogenated alkanes) is 45. The summed E-state index contributed by atoms with van der Waals surface area (Å²) >= 11 is 0. The number of allylic oxidation sites excluding steroid dienone is 4. The summed E-state index contributed by atoms with van der Waals surface area (Å²) in [6, 6.07) is -0.549. The molecule has 0 aliphatic heterocycles. The predicted octanol–water partition coefficient (Wildman–Crippen LogP) is 20.2. The maximum atomic E-state index is 12.5. The molecule has 0 aliphatic carbocycles. The first-order valence-corrected chi connectivity index (χ1v) is 32.1. The minimum Gasteiger partial charge on any atom is -0.466 e. The van der Waals surface area contributed by atoms with E-state index in [9.17, 15) is 19.8 Å². The topological polar surface area (TPSA) is 95.9 Å². The Labute approximate surface area is 443 Å². The van der Waals surface area contributed by atoms with Gasteiger partial charge in [0.25, 0.3) is 0 Å². The first kappa shape index (κ1) is 69.3. The Balaban J connectivity index is 3.42. The van der Waals surface area contributed by atoms with E-state index in [1.807, 2.05) is 0 Å². The van der Waals surface area contributed by atoms with E-state index in [2.05, 4.69) is 43.5 Å². The maximum absolute atomic E-state index is 12.5. The van der Waals surface area contributed by atoms with Crippen LogP contribution < -0.4 is 5.32 Å². The molecule has 0 aromatic heterocycles. The molecule has 0 heterocycles. The second-order valence-electron chi connectivity index (χ2n) is 22.1. The normalized spacial score (nSPS) is 12.7. The van der Waals surface area contributed by atoms with Crippen molar-refractivity contribution in [3.8, 4) is 0 Å². The highest BCUT2D eigenvalue weighted by molar-refractivity contribution is 5.76. The van der Waals surface area contributed by atoms with Crippen molar-refractivity contribution < 1.29 is 24.5 Å². The predicted molar refractivity (Wildman–Crippen MR) is 310 cm³/mol. The summed E-state index contributed by atoms with van der Waals surface area (Å²) in [5.74, 6) is -0.0458. The summed E-state index contributed by atoms with van der Waals surface area (Å²) in [4.78, 5) is 24.6. The van der Waals surface area contributed by atoms with E-state index in [0.717, 1.165) is 57.8 Å².